The molecule has 1 fully saturated rings. The van der Waals surface area contributed by atoms with Crippen LogP contribution in [0.5, 0.6) is 0 Å². The minimum Gasteiger partial charge on any atom is -0.381 e. The Morgan fingerprint density at radius 1 is 1.50 bits per heavy atom. The minimum absolute atomic E-state index is 0.505. The van der Waals surface area contributed by atoms with Gasteiger partial charge in [0, 0.05) is 17.6 Å². The Hall–Kier alpha value is 0.430. The molecule has 0 N–H and O–H groups in total. The van der Waals surface area contributed by atoms with Crippen LogP contribution >= 0.6 is 22.6 Å². The fraction of sp³-hybridized carbons (Fsp3) is 0.800. The van der Waals surface area contributed by atoms with Crippen molar-refractivity contribution in [3.63, 3.8) is 0 Å². The third kappa shape index (κ3) is 2.73. The molecule has 1 aliphatic heterocycles. The van der Waals surface area contributed by atoms with E-state index in [2.05, 4.69) is 36.1 Å². The van der Waals surface area contributed by atoms with Gasteiger partial charge >= 0.3 is 0 Å². The molecule has 0 aromatic rings. The lowest BCUT2D eigenvalue weighted by molar-refractivity contribution is 0.0278. The van der Waals surface area contributed by atoms with Gasteiger partial charge in [0.25, 0.3) is 0 Å². The fourth-order valence-corrected chi connectivity index (χ4v) is 2.83. The first kappa shape index (κ1) is 10.5. The first-order valence-electron chi connectivity index (χ1n) is 4.47. The summed E-state index contributed by atoms with van der Waals surface area (Å²) in [5.74, 6) is 0. The number of ether oxygens (including phenoxy) is 1. The van der Waals surface area contributed by atoms with Gasteiger partial charge in [-0.25, -0.2) is 0 Å². The zero-order valence-electron chi connectivity index (χ0n) is 7.74. The molecular weight excluding hydrogens is 263 g/mol. The molecule has 1 saturated heterocycles. The molecule has 1 nitrogen and oxygen atoms in total. The second-order valence-corrected chi connectivity index (χ2v) is 4.64. The first-order valence-corrected chi connectivity index (χ1v) is 5.99. The van der Waals surface area contributed by atoms with E-state index in [1.165, 1.54) is 29.3 Å². The highest BCUT2D eigenvalue weighted by molar-refractivity contribution is 14.1. The van der Waals surface area contributed by atoms with Crippen molar-refractivity contribution in [3.8, 4) is 0 Å². The molecule has 0 radical (unpaired) electrons. The van der Waals surface area contributed by atoms with E-state index in [-0.39, 0.29) is 0 Å². The molecule has 0 amide bonds. The molecule has 1 aliphatic rings. The van der Waals surface area contributed by atoms with Crippen molar-refractivity contribution in [1.82, 2.24) is 0 Å². The van der Waals surface area contributed by atoms with Crippen LogP contribution in [-0.2, 0) is 4.74 Å². The first-order chi connectivity index (χ1) is 5.68. The highest BCUT2D eigenvalue weighted by Gasteiger charge is 2.30. The summed E-state index contributed by atoms with van der Waals surface area (Å²) in [6.07, 6.45) is 3.60. The highest BCUT2D eigenvalue weighted by atomic mass is 127. The van der Waals surface area contributed by atoms with E-state index in [1.807, 2.05) is 0 Å². The number of hydrogen-bond acceptors (Lipinski definition) is 1. The Balaban J connectivity index is 2.53. The molecule has 0 aromatic carbocycles. The topological polar surface area (TPSA) is 9.23 Å². The number of halogens is 1. The molecule has 0 aromatic heterocycles. The summed E-state index contributed by atoms with van der Waals surface area (Å²) in [6, 6.07) is 0. The van der Waals surface area contributed by atoms with Crippen molar-refractivity contribution in [1.29, 1.82) is 0 Å². The van der Waals surface area contributed by atoms with Crippen LogP contribution in [0.2, 0.25) is 0 Å². The van der Waals surface area contributed by atoms with Crippen LogP contribution in [0.4, 0.5) is 0 Å². The summed E-state index contributed by atoms with van der Waals surface area (Å²) in [5.41, 5.74) is 1.82. The fourth-order valence-electron chi connectivity index (χ4n) is 1.80. The van der Waals surface area contributed by atoms with Crippen molar-refractivity contribution in [2.75, 3.05) is 17.6 Å². The summed E-state index contributed by atoms with van der Waals surface area (Å²) in [6.45, 7) is 8.01. The molecule has 0 bridgehead atoms. The summed E-state index contributed by atoms with van der Waals surface area (Å²) >= 11 is 2.50. The molecule has 1 rings (SSSR count). The summed E-state index contributed by atoms with van der Waals surface area (Å²) in [5, 5.41) is 0. The monoisotopic (exact) mass is 280 g/mol. The predicted octanol–water partition coefficient (Wildman–Crippen LogP) is 3.18. The summed E-state index contributed by atoms with van der Waals surface area (Å²) < 4.78 is 6.61. The van der Waals surface area contributed by atoms with Crippen LogP contribution in [0.25, 0.3) is 0 Å². The zero-order chi connectivity index (χ0) is 9.03. The summed E-state index contributed by atoms with van der Waals surface area (Å²) in [4.78, 5) is 0. The Morgan fingerprint density at radius 2 is 2.08 bits per heavy atom. The van der Waals surface area contributed by atoms with E-state index in [0.717, 1.165) is 13.2 Å². The van der Waals surface area contributed by atoms with Gasteiger partial charge in [-0.05, 0) is 31.6 Å². The van der Waals surface area contributed by atoms with Gasteiger partial charge in [0.15, 0.2) is 0 Å². The van der Waals surface area contributed by atoms with E-state index in [9.17, 15) is 0 Å². The number of rotatable bonds is 3. The maximum Gasteiger partial charge on any atom is 0.0471 e. The van der Waals surface area contributed by atoms with Crippen LogP contribution in [0.15, 0.2) is 12.2 Å². The lowest BCUT2D eigenvalue weighted by atomic mass is 9.77. The Kier molecular flexibility index (Phi) is 4.03. The third-order valence-corrected chi connectivity index (χ3v) is 4.13. The van der Waals surface area contributed by atoms with Crippen molar-refractivity contribution in [2.24, 2.45) is 5.41 Å². The maximum absolute atomic E-state index is 5.38. The van der Waals surface area contributed by atoms with Gasteiger partial charge < -0.3 is 4.74 Å². The van der Waals surface area contributed by atoms with Gasteiger partial charge in [0.1, 0.15) is 0 Å². The molecule has 0 aliphatic carbocycles. The van der Waals surface area contributed by atoms with Gasteiger partial charge in [-0.3, -0.25) is 0 Å². The zero-order valence-corrected chi connectivity index (χ0v) is 9.89. The van der Waals surface area contributed by atoms with E-state index in [0.29, 0.717) is 5.41 Å². The average Bonchev–Trinajstić information content (AvgIpc) is 2.05. The highest BCUT2D eigenvalue weighted by Crippen LogP contribution is 2.38. The van der Waals surface area contributed by atoms with Crippen molar-refractivity contribution >= 4 is 22.6 Å². The van der Waals surface area contributed by atoms with Crippen molar-refractivity contribution in [2.45, 2.75) is 26.2 Å². The molecule has 12 heavy (non-hydrogen) atoms. The number of alkyl halides is 1. The molecule has 70 valence electrons. The molecule has 2 heteroatoms. The molecule has 0 atom stereocenters. The van der Waals surface area contributed by atoms with E-state index >= 15 is 0 Å². The Labute approximate surface area is 88.7 Å². The van der Waals surface area contributed by atoms with Gasteiger partial charge in [0.2, 0.25) is 0 Å². The summed E-state index contributed by atoms with van der Waals surface area (Å²) in [7, 11) is 0. The Morgan fingerprint density at radius 3 is 2.50 bits per heavy atom. The molecule has 0 unspecified atom stereocenters. The van der Waals surface area contributed by atoms with E-state index < -0.39 is 0 Å². The standard InChI is InChI=1S/C10H17IO/c1-9(2)7-10(8-11)3-5-12-6-4-10/h1,3-8H2,2H3. The molecule has 0 spiro atoms. The lowest BCUT2D eigenvalue weighted by Gasteiger charge is -2.35. The van der Waals surface area contributed by atoms with Crippen LogP contribution < -0.4 is 0 Å². The smallest absolute Gasteiger partial charge is 0.0471 e. The van der Waals surface area contributed by atoms with Crippen molar-refractivity contribution < 1.29 is 4.74 Å². The molecular formula is C10H17IO. The quantitative estimate of drug-likeness (QED) is 0.438. The second kappa shape index (κ2) is 4.61. The molecule has 0 saturated carbocycles. The maximum atomic E-state index is 5.38. The average molecular weight is 280 g/mol. The normalized spacial score (nSPS) is 22.2. The van der Waals surface area contributed by atoms with Crippen LogP contribution in [-0.4, -0.2) is 17.6 Å². The van der Waals surface area contributed by atoms with E-state index in [1.54, 1.807) is 0 Å². The van der Waals surface area contributed by atoms with Gasteiger partial charge in [0.05, 0.1) is 0 Å². The van der Waals surface area contributed by atoms with Crippen LogP contribution in [0.3, 0.4) is 0 Å². The van der Waals surface area contributed by atoms with Gasteiger partial charge in [-0.1, -0.05) is 28.2 Å². The largest absolute Gasteiger partial charge is 0.381 e. The minimum atomic E-state index is 0.505. The van der Waals surface area contributed by atoms with Gasteiger partial charge in [-0.15, -0.1) is 6.58 Å². The van der Waals surface area contributed by atoms with Crippen LogP contribution in [0, 0.1) is 5.41 Å². The molecule has 1 heterocycles. The van der Waals surface area contributed by atoms with Gasteiger partial charge in [-0.2, -0.15) is 0 Å². The van der Waals surface area contributed by atoms with Crippen LogP contribution in [0.1, 0.15) is 26.2 Å². The SMILES string of the molecule is C=C(C)CC1(CI)CCOCC1. The van der Waals surface area contributed by atoms with Crippen molar-refractivity contribution in [3.05, 3.63) is 12.2 Å². The predicted molar refractivity (Wildman–Crippen MR) is 60.8 cm³/mol. The van der Waals surface area contributed by atoms with E-state index in [4.69, 9.17) is 4.74 Å². The Bertz CT molecular complexity index is 159. The third-order valence-electron chi connectivity index (χ3n) is 2.51. The number of hydrogen-bond donors (Lipinski definition) is 0. The second-order valence-electron chi connectivity index (χ2n) is 3.88. The number of allylic oxidation sites excluding steroid dienone is 1. The lowest BCUT2D eigenvalue weighted by Crippen LogP contribution is -2.31.